The van der Waals surface area contributed by atoms with Gasteiger partial charge in [-0.05, 0) is 57.1 Å². The summed E-state index contributed by atoms with van der Waals surface area (Å²) in [6.07, 6.45) is 3.96. The van der Waals surface area contributed by atoms with Crippen LogP contribution in [0.2, 0.25) is 10.0 Å². The van der Waals surface area contributed by atoms with Crippen molar-refractivity contribution < 1.29 is 4.74 Å². The summed E-state index contributed by atoms with van der Waals surface area (Å²) in [6.45, 7) is 10.2. The number of hydrogen-bond donors (Lipinski definition) is 0. The van der Waals surface area contributed by atoms with Crippen molar-refractivity contribution in [1.29, 1.82) is 0 Å². The van der Waals surface area contributed by atoms with Crippen molar-refractivity contribution in [2.45, 2.75) is 65.1 Å². The smallest absolute Gasteiger partial charge is 0.120 e. The first kappa shape index (κ1) is 18.4. The number of piperidine rings is 1. The SMILES string of the molecule is CC(C)[C@@H]1CC2CCC(C1COc1ccc(Cl)c(Cl)c1)N2C(C)C. The van der Waals surface area contributed by atoms with Crippen molar-refractivity contribution in [2.75, 3.05) is 6.61 Å². The van der Waals surface area contributed by atoms with Gasteiger partial charge in [0.1, 0.15) is 5.75 Å². The van der Waals surface area contributed by atoms with Gasteiger partial charge >= 0.3 is 0 Å². The van der Waals surface area contributed by atoms with Gasteiger partial charge in [-0.3, -0.25) is 4.90 Å². The number of fused-ring (bicyclic) bond motifs is 2. The van der Waals surface area contributed by atoms with Crippen LogP contribution in [0, 0.1) is 17.8 Å². The molecule has 0 amide bonds. The Kier molecular flexibility index (Phi) is 5.68. The molecule has 0 aliphatic carbocycles. The average molecular weight is 370 g/mol. The topological polar surface area (TPSA) is 12.5 Å². The zero-order valence-electron chi connectivity index (χ0n) is 15.1. The van der Waals surface area contributed by atoms with Crippen LogP contribution in [0.15, 0.2) is 18.2 Å². The molecule has 3 unspecified atom stereocenters. The maximum absolute atomic E-state index is 6.17. The third-order valence-corrected chi connectivity index (χ3v) is 6.71. The molecule has 3 rings (SSSR count). The van der Waals surface area contributed by atoms with E-state index >= 15 is 0 Å². The average Bonchev–Trinajstić information content (AvgIpc) is 2.85. The summed E-state index contributed by atoms with van der Waals surface area (Å²) < 4.78 is 6.17. The minimum atomic E-state index is 0.558. The Labute approximate surface area is 156 Å². The zero-order valence-corrected chi connectivity index (χ0v) is 16.6. The van der Waals surface area contributed by atoms with Crippen molar-refractivity contribution in [3.05, 3.63) is 28.2 Å². The molecule has 0 radical (unpaired) electrons. The van der Waals surface area contributed by atoms with Crippen LogP contribution in [-0.4, -0.2) is 29.6 Å². The highest BCUT2D eigenvalue weighted by molar-refractivity contribution is 6.42. The van der Waals surface area contributed by atoms with Crippen molar-refractivity contribution in [3.8, 4) is 5.75 Å². The molecule has 2 nitrogen and oxygen atoms in total. The maximum Gasteiger partial charge on any atom is 0.120 e. The van der Waals surface area contributed by atoms with E-state index in [-0.39, 0.29) is 0 Å². The van der Waals surface area contributed by atoms with E-state index in [1.807, 2.05) is 18.2 Å². The van der Waals surface area contributed by atoms with Gasteiger partial charge in [0, 0.05) is 30.1 Å². The molecular formula is C20H29Cl2NO. The lowest BCUT2D eigenvalue weighted by molar-refractivity contribution is -0.0132. The minimum Gasteiger partial charge on any atom is -0.493 e. The molecular weight excluding hydrogens is 341 g/mol. The van der Waals surface area contributed by atoms with Gasteiger partial charge in [-0.1, -0.05) is 37.0 Å². The summed E-state index contributed by atoms with van der Waals surface area (Å²) in [5.41, 5.74) is 0. The monoisotopic (exact) mass is 369 g/mol. The predicted octanol–water partition coefficient (Wildman–Crippen LogP) is 5.91. The number of rotatable bonds is 5. The van der Waals surface area contributed by atoms with Crippen LogP contribution in [0.5, 0.6) is 5.75 Å². The number of halogens is 2. The fourth-order valence-electron chi connectivity index (χ4n) is 4.95. The number of ether oxygens (including phenoxy) is 1. The van der Waals surface area contributed by atoms with Crippen LogP contribution in [0.3, 0.4) is 0 Å². The second-order valence-corrected chi connectivity index (χ2v) is 8.85. The fourth-order valence-corrected chi connectivity index (χ4v) is 5.23. The first-order valence-corrected chi connectivity index (χ1v) is 9.99. The number of hydrogen-bond acceptors (Lipinski definition) is 2. The molecule has 2 fully saturated rings. The van der Waals surface area contributed by atoms with E-state index in [4.69, 9.17) is 27.9 Å². The van der Waals surface area contributed by atoms with E-state index in [1.165, 1.54) is 19.3 Å². The lowest BCUT2D eigenvalue weighted by atomic mass is 9.74. The van der Waals surface area contributed by atoms with Gasteiger partial charge < -0.3 is 4.74 Å². The van der Waals surface area contributed by atoms with Gasteiger partial charge in [0.2, 0.25) is 0 Å². The number of nitrogens with zero attached hydrogens (tertiary/aromatic N) is 1. The molecule has 2 saturated heterocycles. The fraction of sp³-hybridized carbons (Fsp3) is 0.700. The van der Waals surface area contributed by atoms with E-state index in [2.05, 4.69) is 32.6 Å². The van der Waals surface area contributed by atoms with Gasteiger partial charge in [0.25, 0.3) is 0 Å². The minimum absolute atomic E-state index is 0.558. The molecule has 0 N–H and O–H groups in total. The quantitative estimate of drug-likeness (QED) is 0.639. The largest absolute Gasteiger partial charge is 0.493 e. The van der Waals surface area contributed by atoms with Crippen LogP contribution in [0.1, 0.15) is 47.0 Å². The summed E-state index contributed by atoms with van der Waals surface area (Å²) in [6, 6.07) is 7.59. The second-order valence-electron chi connectivity index (χ2n) is 8.03. The first-order chi connectivity index (χ1) is 11.4. The van der Waals surface area contributed by atoms with Gasteiger partial charge in [-0.15, -0.1) is 0 Å². The summed E-state index contributed by atoms with van der Waals surface area (Å²) >= 11 is 12.1. The Hall–Kier alpha value is -0.440. The lowest BCUT2D eigenvalue weighted by Crippen LogP contribution is -2.54. The Bertz CT molecular complexity index is 575. The molecule has 1 aromatic rings. The highest BCUT2D eigenvalue weighted by Crippen LogP contribution is 2.46. The molecule has 2 aliphatic heterocycles. The maximum atomic E-state index is 6.17. The van der Waals surface area contributed by atoms with Crippen molar-refractivity contribution >= 4 is 23.2 Å². The molecule has 1 aromatic carbocycles. The van der Waals surface area contributed by atoms with E-state index < -0.39 is 0 Å². The van der Waals surface area contributed by atoms with E-state index in [9.17, 15) is 0 Å². The summed E-state index contributed by atoms with van der Waals surface area (Å²) in [5, 5.41) is 1.13. The third kappa shape index (κ3) is 3.57. The molecule has 4 atom stereocenters. The Morgan fingerprint density at radius 2 is 1.88 bits per heavy atom. The zero-order chi connectivity index (χ0) is 17.4. The van der Waals surface area contributed by atoms with Crippen LogP contribution in [0.25, 0.3) is 0 Å². The van der Waals surface area contributed by atoms with Gasteiger partial charge in [0.15, 0.2) is 0 Å². The van der Waals surface area contributed by atoms with Crippen LogP contribution in [0.4, 0.5) is 0 Å². The van der Waals surface area contributed by atoms with Gasteiger partial charge in [0.05, 0.1) is 16.7 Å². The van der Waals surface area contributed by atoms with E-state index in [1.54, 1.807) is 0 Å². The number of benzene rings is 1. The van der Waals surface area contributed by atoms with Crippen molar-refractivity contribution in [1.82, 2.24) is 4.90 Å². The highest BCUT2D eigenvalue weighted by Gasteiger charge is 2.48. The Morgan fingerprint density at radius 1 is 1.12 bits per heavy atom. The third-order valence-electron chi connectivity index (χ3n) is 5.97. The molecule has 2 heterocycles. The first-order valence-electron chi connectivity index (χ1n) is 9.23. The van der Waals surface area contributed by atoms with Crippen molar-refractivity contribution in [3.63, 3.8) is 0 Å². The molecule has 0 saturated carbocycles. The molecule has 24 heavy (non-hydrogen) atoms. The van der Waals surface area contributed by atoms with Crippen LogP contribution in [-0.2, 0) is 0 Å². The van der Waals surface area contributed by atoms with Crippen LogP contribution >= 0.6 is 23.2 Å². The highest BCUT2D eigenvalue weighted by atomic mass is 35.5. The van der Waals surface area contributed by atoms with Gasteiger partial charge in [-0.2, -0.15) is 0 Å². The molecule has 2 bridgehead atoms. The molecule has 0 spiro atoms. The van der Waals surface area contributed by atoms with Crippen molar-refractivity contribution in [2.24, 2.45) is 17.8 Å². The Morgan fingerprint density at radius 3 is 2.50 bits per heavy atom. The van der Waals surface area contributed by atoms with Gasteiger partial charge in [-0.25, -0.2) is 0 Å². The molecule has 4 heteroatoms. The molecule has 2 aliphatic rings. The van der Waals surface area contributed by atoms with E-state index in [0.717, 1.165) is 24.3 Å². The normalized spacial score (nSPS) is 30.3. The van der Waals surface area contributed by atoms with E-state index in [0.29, 0.717) is 34.0 Å². The second kappa shape index (κ2) is 7.43. The summed E-state index contributed by atoms with van der Waals surface area (Å²) in [5.74, 6) is 2.84. The molecule has 0 aromatic heterocycles. The van der Waals surface area contributed by atoms with Crippen LogP contribution < -0.4 is 4.74 Å². The summed E-state index contributed by atoms with van der Waals surface area (Å²) in [4.78, 5) is 2.75. The predicted molar refractivity (Wildman–Crippen MR) is 102 cm³/mol. The Balaban J connectivity index is 1.76. The summed E-state index contributed by atoms with van der Waals surface area (Å²) in [7, 11) is 0. The standard InChI is InChI=1S/C20H29Cl2NO/c1-12(2)16-9-14-5-8-20(23(14)13(3)4)17(16)11-24-15-6-7-18(21)19(22)10-15/h6-7,10,12-14,16-17,20H,5,8-9,11H2,1-4H3/t14?,16-,17?,20?/m0/s1. The lowest BCUT2D eigenvalue weighted by Gasteiger charge is -2.48. The molecule has 134 valence electrons.